The van der Waals surface area contributed by atoms with Gasteiger partial charge in [-0.2, -0.15) is 4.98 Å². The quantitative estimate of drug-likeness (QED) is 0.219. The van der Waals surface area contributed by atoms with E-state index in [9.17, 15) is 0 Å². The first-order valence-electron chi connectivity index (χ1n) is 8.68. The molecule has 3 rings (SSSR count). The van der Waals surface area contributed by atoms with Crippen LogP contribution in [0.1, 0.15) is 16.7 Å². The first kappa shape index (κ1) is 19.4. The number of anilines is 2. The van der Waals surface area contributed by atoms with E-state index in [1.165, 1.54) is 0 Å². The van der Waals surface area contributed by atoms with Crippen LogP contribution in [0.25, 0.3) is 11.3 Å². The van der Waals surface area contributed by atoms with E-state index in [0.717, 1.165) is 28.8 Å². The number of aromatic nitrogens is 2. The number of hydrogen-bond donors (Lipinski definition) is 4. The lowest BCUT2D eigenvalue weighted by Crippen LogP contribution is -2.13. The van der Waals surface area contributed by atoms with Crippen LogP contribution in [0.5, 0.6) is 0 Å². The number of rotatable bonds is 6. The van der Waals surface area contributed by atoms with Gasteiger partial charge in [-0.3, -0.25) is 0 Å². The molecule has 6 N–H and O–H groups in total. The standard InChI is InChI=1S/C20H21ClN6O/c1-12-15(3-2-4-16(12)21)17-11-18(26-20(23)25-17)24-10-9-13-5-7-14(8-6-13)19(22)27-28/h2-8,11,28H,9-10H2,1H3,(H2,22,27)(H3,23,24,25,26). The van der Waals surface area contributed by atoms with Gasteiger partial charge in [0.1, 0.15) is 5.82 Å². The molecule has 0 bridgehead atoms. The third-order valence-electron chi connectivity index (χ3n) is 4.36. The molecule has 0 saturated heterocycles. The third kappa shape index (κ3) is 4.50. The molecule has 144 valence electrons. The monoisotopic (exact) mass is 396 g/mol. The second-order valence-electron chi connectivity index (χ2n) is 6.27. The smallest absolute Gasteiger partial charge is 0.222 e. The lowest BCUT2D eigenvalue weighted by molar-refractivity contribution is 0.318. The highest BCUT2D eigenvalue weighted by Crippen LogP contribution is 2.28. The maximum atomic E-state index is 8.71. The zero-order chi connectivity index (χ0) is 20.1. The fourth-order valence-electron chi connectivity index (χ4n) is 2.81. The Kier molecular flexibility index (Phi) is 5.96. The molecule has 3 aromatic rings. The topological polar surface area (TPSA) is 122 Å². The maximum Gasteiger partial charge on any atom is 0.222 e. The van der Waals surface area contributed by atoms with Crippen molar-refractivity contribution in [1.82, 2.24) is 9.97 Å². The molecule has 0 amide bonds. The molecule has 8 heteroatoms. The van der Waals surface area contributed by atoms with Crippen LogP contribution in [0, 0.1) is 6.92 Å². The molecule has 2 aromatic carbocycles. The van der Waals surface area contributed by atoms with E-state index in [-0.39, 0.29) is 11.8 Å². The third-order valence-corrected chi connectivity index (χ3v) is 4.77. The molecule has 1 aromatic heterocycles. The van der Waals surface area contributed by atoms with Gasteiger partial charge in [0, 0.05) is 28.8 Å². The SMILES string of the molecule is Cc1c(Cl)cccc1-c1cc(NCCc2ccc(C(N)=NO)cc2)nc(N)n1. The number of nitrogens with two attached hydrogens (primary N) is 2. The number of benzene rings is 2. The highest BCUT2D eigenvalue weighted by atomic mass is 35.5. The number of oxime groups is 1. The Morgan fingerprint density at radius 3 is 2.64 bits per heavy atom. The second kappa shape index (κ2) is 8.58. The Morgan fingerprint density at radius 1 is 1.18 bits per heavy atom. The fourth-order valence-corrected chi connectivity index (χ4v) is 2.99. The molecule has 0 saturated carbocycles. The minimum atomic E-state index is 0.0879. The maximum absolute atomic E-state index is 8.71. The molecule has 0 unspecified atom stereocenters. The normalized spacial score (nSPS) is 11.4. The predicted octanol–water partition coefficient (Wildman–Crippen LogP) is 3.44. The van der Waals surface area contributed by atoms with Crippen molar-refractivity contribution >= 4 is 29.2 Å². The van der Waals surface area contributed by atoms with Gasteiger partial charge in [-0.1, -0.05) is 53.2 Å². The van der Waals surface area contributed by atoms with Crippen LogP contribution in [-0.4, -0.2) is 27.6 Å². The van der Waals surface area contributed by atoms with Crippen molar-refractivity contribution in [2.45, 2.75) is 13.3 Å². The first-order chi connectivity index (χ1) is 13.5. The van der Waals surface area contributed by atoms with Crippen molar-refractivity contribution < 1.29 is 5.21 Å². The average Bonchev–Trinajstić information content (AvgIpc) is 2.69. The van der Waals surface area contributed by atoms with Crippen molar-refractivity contribution in [2.75, 3.05) is 17.6 Å². The molecule has 0 aliphatic carbocycles. The zero-order valence-corrected chi connectivity index (χ0v) is 16.1. The summed E-state index contributed by atoms with van der Waals surface area (Å²) < 4.78 is 0. The molecule has 0 aliphatic rings. The largest absolute Gasteiger partial charge is 0.409 e. The Bertz CT molecular complexity index is 1000. The van der Waals surface area contributed by atoms with E-state index in [1.54, 1.807) is 0 Å². The van der Waals surface area contributed by atoms with Crippen molar-refractivity contribution in [2.24, 2.45) is 10.9 Å². The summed E-state index contributed by atoms with van der Waals surface area (Å²) in [4.78, 5) is 8.58. The summed E-state index contributed by atoms with van der Waals surface area (Å²) in [5, 5.41) is 15.7. The van der Waals surface area contributed by atoms with Crippen molar-refractivity contribution in [3.05, 3.63) is 70.2 Å². The molecular weight excluding hydrogens is 376 g/mol. The van der Waals surface area contributed by atoms with Crippen LogP contribution in [0.15, 0.2) is 53.7 Å². The van der Waals surface area contributed by atoms with E-state index in [2.05, 4.69) is 20.4 Å². The Morgan fingerprint density at radius 2 is 1.93 bits per heavy atom. The number of hydrogen-bond acceptors (Lipinski definition) is 6. The Hall–Kier alpha value is -3.32. The summed E-state index contributed by atoms with van der Waals surface area (Å²) in [6.45, 7) is 2.61. The van der Waals surface area contributed by atoms with Crippen LogP contribution in [0.4, 0.5) is 11.8 Å². The molecule has 1 heterocycles. The van der Waals surface area contributed by atoms with E-state index in [4.69, 9.17) is 28.3 Å². The van der Waals surface area contributed by atoms with Gasteiger partial charge < -0.3 is 22.0 Å². The number of nitrogen functional groups attached to an aromatic ring is 1. The molecule has 0 spiro atoms. The summed E-state index contributed by atoms with van der Waals surface area (Å²) in [5.74, 6) is 0.933. The van der Waals surface area contributed by atoms with Gasteiger partial charge in [-0.15, -0.1) is 0 Å². The number of halogens is 1. The predicted molar refractivity (Wildman–Crippen MR) is 113 cm³/mol. The molecule has 0 aliphatic heterocycles. The van der Waals surface area contributed by atoms with Crippen LogP contribution >= 0.6 is 11.6 Å². The molecule has 28 heavy (non-hydrogen) atoms. The zero-order valence-electron chi connectivity index (χ0n) is 15.4. The van der Waals surface area contributed by atoms with Crippen LogP contribution in [-0.2, 0) is 6.42 Å². The minimum Gasteiger partial charge on any atom is -0.409 e. The van der Waals surface area contributed by atoms with Crippen molar-refractivity contribution in [3.63, 3.8) is 0 Å². The molecular formula is C20H21ClN6O. The average molecular weight is 397 g/mol. The Balaban J connectivity index is 1.70. The van der Waals surface area contributed by atoms with Crippen molar-refractivity contribution in [1.29, 1.82) is 0 Å². The summed E-state index contributed by atoms with van der Waals surface area (Å²) in [7, 11) is 0. The molecule has 7 nitrogen and oxygen atoms in total. The number of amidine groups is 1. The van der Waals surface area contributed by atoms with E-state index in [0.29, 0.717) is 22.9 Å². The van der Waals surface area contributed by atoms with Crippen LogP contribution in [0.2, 0.25) is 5.02 Å². The van der Waals surface area contributed by atoms with Gasteiger partial charge in [0.2, 0.25) is 5.95 Å². The van der Waals surface area contributed by atoms with Gasteiger partial charge in [0.25, 0.3) is 0 Å². The second-order valence-corrected chi connectivity index (χ2v) is 6.68. The van der Waals surface area contributed by atoms with E-state index >= 15 is 0 Å². The lowest BCUT2D eigenvalue weighted by atomic mass is 10.1. The van der Waals surface area contributed by atoms with E-state index in [1.807, 2.05) is 55.5 Å². The van der Waals surface area contributed by atoms with Gasteiger partial charge in [0.05, 0.1) is 5.69 Å². The number of nitrogens with zero attached hydrogens (tertiary/aromatic N) is 3. The number of nitrogens with one attached hydrogen (secondary N) is 1. The van der Waals surface area contributed by atoms with Gasteiger partial charge in [0.15, 0.2) is 5.84 Å². The lowest BCUT2D eigenvalue weighted by Gasteiger charge is -2.11. The summed E-state index contributed by atoms with van der Waals surface area (Å²) in [6.07, 6.45) is 0.770. The highest BCUT2D eigenvalue weighted by molar-refractivity contribution is 6.31. The fraction of sp³-hybridized carbons (Fsp3) is 0.150. The minimum absolute atomic E-state index is 0.0879. The van der Waals surface area contributed by atoms with Crippen molar-refractivity contribution in [3.8, 4) is 11.3 Å². The summed E-state index contributed by atoms with van der Waals surface area (Å²) in [5.41, 5.74) is 15.8. The van der Waals surface area contributed by atoms with Gasteiger partial charge in [-0.25, -0.2) is 4.98 Å². The van der Waals surface area contributed by atoms with Crippen LogP contribution in [0.3, 0.4) is 0 Å². The highest BCUT2D eigenvalue weighted by Gasteiger charge is 2.09. The van der Waals surface area contributed by atoms with E-state index < -0.39 is 0 Å². The molecule has 0 fully saturated rings. The first-order valence-corrected chi connectivity index (χ1v) is 9.06. The Labute approximate surface area is 168 Å². The summed E-state index contributed by atoms with van der Waals surface area (Å²) >= 11 is 6.22. The molecule has 0 radical (unpaired) electrons. The van der Waals surface area contributed by atoms with Gasteiger partial charge >= 0.3 is 0 Å². The van der Waals surface area contributed by atoms with Gasteiger partial charge in [-0.05, 0) is 30.5 Å². The summed E-state index contributed by atoms with van der Waals surface area (Å²) in [6, 6.07) is 15.0. The van der Waals surface area contributed by atoms with Crippen LogP contribution < -0.4 is 16.8 Å². The molecule has 0 atom stereocenters.